The number of nitrogens with two attached hydrogens (primary N) is 3. The van der Waals surface area contributed by atoms with Gasteiger partial charge in [0.2, 0.25) is 41.4 Å². The van der Waals surface area contributed by atoms with Crippen molar-refractivity contribution >= 4 is 41.4 Å². The Morgan fingerprint density at radius 1 is 0.333 bits per heavy atom. The summed E-state index contributed by atoms with van der Waals surface area (Å²) in [7, 11) is 0. The Labute approximate surface area is 400 Å². The maximum Gasteiger partial charge on any atom is 0.222 e. The van der Waals surface area contributed by atoms with E-state index in [2.05, 4.69) is 15.1 Å². The van der Waals surface area contributed by atoms with Gasteiger partial charge < -0.3 is 37.2 Å². The molecule has 0 bridgehead atoms. The van der Waals surface area contributed by atoms with Crippen LogP contribution in [-0.2, 0) is 33.6 Å². The third-order valence-corrected chi connectivity index (χ3v) is 13.0. The molecule has 14 heteroatoms. The van der Waals surface area contributed by atoms with E-state index in [0.29, 0.717) is 43.9 Å². The molecule has 0 aromatic carbocycles. The molecule has 0 saturated carbocycles. The normalized spacial score (nSPS) is 16.7. The summed E-state index contributed by atoms with van der Waals surface area (Å²) in [5, 5.41) is 2.81. The van der Waals surface area contributed by atoms with Crippen LogP contribution in [0, 0.1) is 0 Å². The lowest BCUT2D eigenvalue weighted by molar-refractivity contribution is -0.132. The number of carbonyl (C=O) groups excluding carboxylic acids is 7. The lowest BCUT2D eigenvalue weighted by Gasteiger charge is -2.20. The number of rotatable bonds is 25. The second kappa shape index (κ2) is 42.6. The summed E-state index contributed by atoms with van der Waals surface area (Å²) in [6, 6.07) is 0. The molecule has 0 atom stereocenters. The maximum absolute atomic E-state index is 12.1. The van der Waals surface area contributed by atoms with Gasteiger partial charge in [0, 0.05) is 90.8 Å². The topological polar surface area (TPSA) is 219 Å². The highest BCUT2D eigenvalue weighted by molar-refractivity contribution is 5.78. The summed E-state index contributed by atoms with van der Waals surface area (Å²) < 4.78 is 0. The lowest BCUT2D eigenvalue weighted by Crippen LogP contribution is -2.31. The first-order valence-electron chi connectivity index (χ1n) is 26.9. The number of primary amides is 3. The van der Waals surface area contributed by atoms with Gasteiger partial charge >= 0.3 is 0 Å². The van der Waals surface area contributed by atoms with Gasteiger partial charge in [-0.05, 0) is 89.9 Å². The van der Waals surface area contributed by atoms with Gasteiger partial charge in [-0.2, -0.15) is 0 Å². The van der Waals surface area contributed by atoms with Gasteiger partial charge in [-0.3, -0.25) is 33.6 Å². The minimum atomic E-state index is -0.276. The van der Waals surface area contributed by atoms with Crippen molar-refractivity contribution in [2.24, 2.45) is 17.2 Å². The molecule has 0 aromatic rings. The number of hydrogen-bond donors (Lipinski definition) is 4. The van der Waals surface area contributed by atoms with Gasteiger partial charge in [0.1, 0.15) is 0 Å². The number of amides is 7. The van der Waals surface area contributed by atoms with E-state index >= 15 is 0 Å². The minimum Gasteiger partial charge on any atom is -0.370 e. The number of hydrogen-bond acceptors (Lipinski definition) is 7. The summed E-state index contributed by atoms with van der Waals surface area (Å²) >= 11 is 0. The van der Waals surface area contributed by atoms with Gasteiger partial charge in [0.15, 0.2) is 0 Å². The third kappa shape index (κ3) is 37.4. The summed E-state index contributed by atoms with van der Waals surface area (Å²) in [6.45, 7) is 6.59. The van der Waals surface area contributed by atoms with Crippen molar-refractivity contribution in [2.75, 3.05) is 45.8 Å². The zero-order valence-electron chi connectivity index (χ0n) is 41.8. The molecule has 4 saturated heterocycles. The fourth-order valence-corrected chi connectivity index (χ4v) is 8.83. The van der Waals surface area contributed by atoms with E-state index in [9.17, 15) is 33.6 Å². The van der Waals surface area contributed by atoms with Crippen molar-refractivity contribution in [1.29, 1.82) is 0 Å². The maximum atomic E-state index is 12.1. The van der Waals surface area contributed by atoms with Crippen LogP contribution in [0.25, 0.3) is 0 Å². The molecule has 0 radical (unpaired) electrons. The van der Waals surface area contributed by atoms with E-state index in [4.69, 9.17) is 17.2 Å². The van der Waals surface area contributed by atoms with Crippen LogP contribution < -0.4 is 22.5 Å². The Morgan fingerprint density at radius 2 is 0.576 bits per heavy atom. The van der Waals surface area contributed by atoms with Crippen LogP contribution >= 0.6 is 0 Å². The highest BCUT2D eigenvalue weighted by Crippen LogP contribution is 2.16. The van der Waals surface area contributed by atoms with E-state index in [0.717, 1.165) is 155 Å². The van der Waals surface area contributed by atoms with Crippen molar-refractivity contribution < 1.29 is 33.6 Å². The van der Waals surface area contributed by atoms with Crippen LogP contribution in [-0.4, -0.2) is 102 Å². The van der Waals surface area contributed by atoms with Crippen LogP contribution in [0.4, 0.5) is 0 Å². The fraction of sp³-hybridized carbons (Fsp3) is 0.865. The van der Waals surface area contributed by atoms with Crippen molar-refractivity contribution in [2.45, 2.75) is 244 Å². The minimum absolute atomic E-state index is 0.186. The number of nitrogens with zero attached hydrogens (tertiary/aromatic N) is 3. The average molecular weight is 932 g/mol. The zero-order valence-corrected chi connectivity index (χ0v) is 41.8. The van der Waals surface area contributed by atoms with E-state index in [1.54, 1.807) is 0 Å². The summed E-state index contributed by atoms with van der Waals surface area (Å²) in [6.07, 6.45) is 39.2. The molecule has 0 aliphatic carbocycles. The molecule has 7 N–H and O–H groups in total. The molecule has 4 aliphatic heterocycles. The van der Waals surface area contributed by atoms with Crippen molar-refractivity contribution in [1.82, 2.24) is 20.0 Å². The van der Waals surface area contributed by atoms with Gasteiger partial charge in [0.25, 0.3) is 0 Å². The predicted octanol–water partition coefficient (Wildman–Crippen LogP) is 8.88. The van der Waals surface area contributed by atoms with Crippen molar-refractivity contribution in [3.05, 3.63) is 0 Å². The number of carbonyl (C=O) groups is 7. The molecule has 0 unspecified atom stereocenters. The number of nitrogens with one attached hydrogen (secondary N) is 1. The fourth-order valence-electron chi connectivity index (χ4n) is 8.83. The Kier molecular flexibility index (Phi) is 39.0. The molecule has 66 heavy (non-hydrogen) atoms. The van der Waals surface area contributed by atoms with E-state index < -0.39 is 0 Å². The largest absolute Gasteiger partial charge is 0.370 e. The van der Waals surface area contributed by atoms with E-state index in [1.165, 1.54) is 103 Å². The Bertz CT molecular complexity index is 1280. The second-order valence-corrected chi connectivity index (χ2v) is 19.1. The summed E-state index contributed by atoms with van der Waals surface area (Å²) in [4.78, 5) is 84.3. The third-order valence-electron chi connectivity index (χ3n) is 13.0. The van der Waals surface area contributed by atoms with E-state index in [-0.39, 0.29) is 29.5 Å². The van der Waals surface area contributed by atoms with Crippen molar-refractivity contribution in [3.63, 3.8) is 0 Å². The smallest absolute Gasteiger partial charge is 0.222 e. The van der Waals surface area contributed by atoms with Crippen LogP contribution in [0.3, 0.4) is 0 Å². The predicted molar refractivity (Wildman–Crippen MR) is 266 cm³/mol. The average Bonchev–Trinajstić information content (AvgIpc) is 3.93. The highest BCUT2D eigenvalue weighted by atomic mass is 16.2. The van der Waals surface area contributed by atoms with Gasteiger partial charge in [0.05, 0.1) is 0 Å². The molecular weight excluding hydrogens is 835 g/mol. The second-order valence-electron chi connectivity index (χ2n) is 19.1. The molecule has 7 amide bonds. The molecule has 14 nitrogen and oxygen atoms in total. The molecule has 4 fully saturated rings. The first-order valence-corrected chi connectivity index (χ1v) is 26.9. The molecule has 0 spiro atoms. The summed E-state index contributed by atoms with van der Waals surface area (Å²) in [5.41, 5.74) is 15.2. The molecule has 4 rings (SSSR count). The molecule has 4 aliphatic rings. The SMILES string of the molecule is NC(=O)CCCCC(=O)N1CCCCCC1.NC(=O)CCCCCCCCC(=O)N1CCCCCC1.NC(=O)CCCCCCCCCCC(=O)N1CCCCCC1.O=C1CCCCCN1. The lowest BCUT2D eigenvalue weighted by atomic mass is 10.1. The van der Waals surface area contributed by atoms with Crippen LogP contribution in [0.15, 0.2) is 0 Å². The highest BCUT2D eigenvalue weighted by Gasteiger charge is 2.17. The quantitative estimate of drug-likeness (QED) is 0.0651. The van der Waals surface area contributed by atoms with Crippen LogP contribution in [0.2, 0.25) is 0 Å². The van der Waals surface area contributed by atoms with Crippen LogP contribution in [0.5, 0.6) is 0 Å². The molecular formula is C52H97N7O7. The molecule has 0 aromatic heterocycles. The zero-order chi connectivity index (χ0) is 48.3. The Morgan fingerprint density at radius 3 is 0.879 bits per heavy atom. The molecule has 382 valence electrons. The standard InChI is InChI=1S/C18H34N2O2.C16H30N2O2.C12H22N2O2.C6H11NO/c19-17(21)13-9-5-3-1-2-4-6-10-14-18(22)20-15-11-7-8-12-16-20;17-15(19)11-7-3-1-2-4-8-12-16(20)18-13-9-5-6-10-14-18;13-11(15)7-3-4-8-12(16)14-9-5-1-2-6-10-14;8-6-4-2-1-3-5-7-6/h1-16H2,(H2,19,21);1-14H2,(H2,17,19);1-10H2,(H2,13,15);1-5H2,(H,7,8). The van der Waals surface area contributed by atoms with E-state index in [1.807, 2.05) is 4.90 Å². The van der Waals surface area contributed by atoms with Gasteiger partial charge in [-0.15, -0.1) is 0 Å². The van der Waals surface area contributed by atoms with Crippen molar-refractivity contribution in [3.8, 4) is 0 Å². The first kappa shape index (κ1) is 60.3. The van der Waals surface area contributed by atoms with Gasteiger partial charge in [-0.1, -0.05) is 109 Å². The number of likely N-dealkylation sites (tertiary alicyclic amines) is 3. The monoisotopic (exact) mass is 932 g/mol. The van der Waals surface area contributed by atoms with Crippen LogP contribution in [0.1, 0.15) is 244 Å². The Balaban J connectivity index is 0.000000460. The molecule has 4 heterocycles. The number of unbranched alkanes of at least 4 members (excludes halogenated alkanes) is 13. The summed E-state index contributed by atoms with van der Waals surface area (Å²) in [5.74, 6) is 0.521. The first-order chi connectivity index (χ1) is 32.0. The Hall–Kier alpha value is -3.71. The van der Waals surface area contributed by atoms with Gasteiger partial charge in [-0.25, -0.2) is 0 Å².